The van der Waals surface area contributed by atoms with Crippen LogP contribution < -0.4 is 15.8 Å². The van der Waals surface area contributed by atoms with Gasteiger partial charge in [-0.3, -0.25) is 0 Å². The molecule has 0 unspecified atom stereocenters. The first-order chi connectivity index (χ1) is 14.6. The number of carbonyl (C=O) groups is 1. The average molecular weight is 564 g/mol. The summed E-state index contributed by atoms with van der Waals surface area (Å²) in [6.07, 6.45) is -3.06. The molecule has 0 spiro atoms. The SMILES string of the molecule is CI(C)CCNC(=O)N(c1cccc(C(F)(F)F)c1)c1nc(-c2cc[nH]c(=O)c2)cs1. The number of nitrogens with one attached hydrogen (secondary N) is 2. The van der Waals surface area contributed by atoms with Gasteiger partial charge in [-0.1, -0.05) is 0 Å². The monoisotopic (exact) mass is 564 g/mol. The number of rotatable bonds is 6. The molecule has 3 aromatic rings. The number of thiazole rings is 1. The number of anilines is 2. The van der Waals surface area contributed by atoms with Crippen molar-refractivity contribution >= 4 is 48.0 Å². The third kappa shape index (κ3) is 6.06. The van der Waals surface area contributed by atoms with Gasteiger partial charge in [-0.2, -0.15) is 0 Å². The second-order valence-corrected chi connectivity index (χ2v) is 13.8. The minimum absolute atomic E-state index is 0.0579. The van der Waals surface area contributed by atoms with Crippen LogP contribution in [0.15, 0.2) is 52.8 Å². The fraction of sp³-hybridized carbons (Fsp3) is 0.250. The molecule has 1 aromatic carbocycles. The van der Waals surface area contributed by atoms with E-state index in [9.17, 15) is 22.8 Å². The maximum absolute atomic E-state index is 13.2. The Kier molecular flexibility index (Phi) is 7.36. The first-order valence-electron chi connectivity index (χ1n) is 9.01. The predicted molar refractivity (Wildman–Crippen MR) is 126 cm³/mol. The Morgan fingerprint density at radius 1 is 1.26 bits per heavy atom. The predicted octanol–water partition coefficient (Wildman–Crippen LogP) is 5.13. The zero-order valence-corrected chi connectivity index (χ0v) is 19.6. The number of alkyl halides is 6. The van der Waals surface area contributed by atoms with Crippen molar-refractivity contribution in [1.82, 2.24) is 15.3 Å². The molecule has 2 amide bonds. The van der Waals surface area contributed by atoms with E-state index >= 15 is 0 Å². The quantitative estimate of drug-likeness (QED) is 0.322. The van der Waals surface area contributed by atoms with Crippen molar-refractivity contribution in [2.24, 2.45) is 0 Å². The number of H-pyrrole nitrogens is 1. The molecule has 3 rings (SSSR count). The normalized spacial score (nSPS) is 11.8. The fourth-order valence-corrected chi connectivity index (χ4v) is 4.86. The molecular weight excluding hydrogens is 544 g/mol. The summed E-state index contributed by atoms with van der Waals surface area (Å²) in [5.74, 6) is 0. The Hall–Kier alpha value is -2.41. The molecule has 0 radical (unpaired) electrons. The average Bonchev–Trinajstić information content (AvgIpc) is 3.17. The molecular formula is C20H20F3IN4O2S. The molecule has 0 atom stereocenters. The number of urea groups is 1. The Balaban J connectivity index is 1.99. The third-order valence-corrected chi connectivity index (χ3v) is 7.66. The van der Waals surface area contributed by atoms with Crippen LogP contribution >= 0.6 is 31.2 Å². The summed E-state index contributed by atoms with van der Waals surface area (Å²) in [5.41, 5.74) is -0.112. The van der Waals surface area contributed by atoms with Gasteiger partial charge in [0.05, 0.1) is 0 Å². The first kappa shape index (κ1) is 23.3. The van der Waals surface area contributed by atoms with Crippen molar-refractivity contribution in [3.63, 3.8) is 0 Å². The summed E-state index contributed by atoms with van der Waals surface area (Å²) >= 11 is 0.0348. The van der Waals surface area contributed by atoms with Gasteiger partial charge in [0.2, 0.25) is 0 Å². The van der Waals surface area contributed by atoms with Crippen molar-refractivity contribution in [2.45, 2.75) is 6.18 Å². The molecule has 2 N–H and O–H groups in total. The summed E-state index contributed by atoms with van der Waals surface area (Å²) in [7, 11) is 0. The number of aromatic amines is 1. The van der Waals surface area contributed by atoms with E-state index in [2.05, 4.69) is 25.1 Å². The van der Waals surface area contributed by atoms with E-state index in [0.29, 0.717) is 17.8 Å². The van der Waals surface area contributed by atoms with Gasteiger partial charge in [-0.15, -0.1) is 0 Å². The van der Waals surface area contributed by atoms with Gasteiger partial charge in [-0.25, -0.2) is 0 Å². The Bertz CT molecular complexity index is 1110. The Labute approximate surface area is 187 Å². The number of hydrogen-bond donors (Lipinski definition) is 2. The van der Waals surface area contributed by atoms with Gasteiger partial charge in [0.25, 0.3) is 0 Å². The molecule has 0 aliphatic heterocycles. The molecule has 2 heterocycles. The molecule has 166 valence electrons. The minimum atomic E-state index is -4.54. The van der Waals surface area contributed by atoms with Crippen LogP contribution in [-0.2, 0) is 6.18 Å². The van der Waals surface area contributed by atoms with Crippen LogP contribution in [0.1, 0.15) is 5.56 Å². The van der Waals surface area contributed by atoms with Gasteiger partial charge in [0, 0.05) is 0 Å². The molecule has 31 heavy (non-hydrogen) atoms. The molecule has 0 fully saturated rings. The van der Waals surface area contributed by atoms with Crippen LogP contribution in [0.3, 0.4) is 0 Å². The molecule has 11 heteroatoms. The van der Waals surface area contributed by atoms with Crippen LogP contribution in [0, 0.1) is 0 Å². The van der Waals surface area contributed by atoms with E-state index in [-0.39, 0.29) is 16.4 Å². The van der Waals surface area contributed by atoms with Gasteiger partial charge >= 0.3 is 188 Å². The number of hydrogen-bond acceptors (Lipinski definition) is 4. The van der Waals surface area contributed by atoms with Crippen molar-refractivity contribution in [2.75, 3.05) is 25.7 Å². The number of carbonyl (C=O) groups excluding carboxylic acids is 1. The summed E-state index contributed by atoms with van der Waals surface area (Å²) in [5, 5.41) is 4.64. The first-order valence-corrected chi connectivity index (χ1v) is 15.7. The molecule has 6 nitrogen and oxygen atoms in total. The standard InChI is InChI=1S/C20H20F3IN4O2S/c1-24(2)7-9-26-18(30)28(15-5-3-4-14(11-15)20(21,22)23)19-27-16(12-31-19)13-6-8-25-17(29)10-13/h3-6,8,10-12H,7,9H2,1-2H3,(H,25,29)(H,26,30). The van der Waals surface area contributed by atoms with E-state index in [1.165, 1.54) is 24.4 Å². The van der Waals surface area contributed by atoms with E-state index in [1.807, 2.05) is 0 Å². The van der Waals surface area contributed by atoms with Crippen molar-refractivity contribution in [1.29, 1.82) is 0 Å². The summed E-state index contributed by atoms with van der Waals surface area (Å²) in [6, 6.07) is 7.03. The van der Waals surface area contributed by atoms with Crippen molar-refractivity contribution in [3.05, 3.63) is 63.9 Å². The van der Waals surface area contributed by atoms with E-state index in [0.717, 1.165) is 32.8 Å². The van der Waals surface area contributed by atoms with Gasteiger partial charge in [-0.05, 0) is 0 Å². The van der Waals surface area contributed by atoms with Gasteiger partial charge < -0.3 is 0 Å². The van der Waals surface area contributed by atoms with Crippen LogP contribution in [0.25, 0.3) is 11.3 Å². The molecule has 0 saturated heterocycles. The van der Waals surface area contributed by atoms with E-state index in [4.69, 9.17) is 0 Å². The van der Waals surface area contributed by atoms with Gasteiger partial charge in [0.15, 0.2) is 0 Å². The molecule has 2 aromatic heterocycles. The number of pyridine rings is 1. The fourth-order valence-electron chi connectivity index (χ4n) is 2.66. The molecule has 0 saturated carbocycles. The van der Waals surface area contributed by atoms with E-state index < -0.39 is 37.6 Å². The zero-order valence-electron chi connectivity index (χ0n) is 16.7. The second-order valence-electron chi connectivity index (χ2n) is 6.67. The van der Waals surface area contributed by atoms with Gasteiger partial charge in [0.1, 0.15) is 0 Å². The second kappa shape index (κ2) is 9.81. The van der Waals surface area contributed by atoms with Crippen LogP contribution in [-0.4, -0.2) is 36.8 Å². The number of nitrogens with zero attached hydrogens (tertiary/aromatic N) is 2. The third-order valence-electron chi connectivity index (χ3n) is 4.14. The van der Waals surface area contributed by atoms with E-state index in [1.54, 1.807) is 11.4 Å². The van der Waals surface area contributed by atoms with Crippen molar-refractivity contribution < 1.29 is 18.0 Å². The number of halogens is 4. The van der Waals surface area contributed by atoms with Crippen molar-refractivity contribution in [3.8, 4) is 11.3 Å². The summed E-state index contributed by atoms with van der Waals surface area (Å²) in [4.78, 5) is 36.9. The number of aromatic nitrogens is 2. The topological polar surface area (TPSA) is 78.1 Å². The zero-order chi connectivity index (χ0) is 22.6. The molecule has 0 aliphatic rings. The maximum atomic E-state index is 13.2. The van der Waals surface area contributed by atoms with Crippen LogP contribution in [0.5, 0.6) is 0 Å². The Morgan fingerprint density at radius 2 is 2.03 bits per heavy atom. The summed E-state index contributed by atoms with van der Waals surface area (Å²) in [6.45, 7) is 0.443. The molecule has 0 aliphatic carbocycles. The van der Waals surface area contributed by atoms with Crippen LogP contribution in [0.2, 0.25) is 0 Å². The van der Waals surface area contributed by atoms with Crippen LogP contribution in [0.4, 0.5) is 28.8 Å². The molecule has 0 bridgehead atoms. The number of benzene rings is 1. The Morgan fingerprint density at radius 3 is 2.71 bits per heavy atom. The number of amides is 2. The summed E-state index contributed by atoms with van der Waals surface area (Å²) < 4.78 is 40.6.